The summed E-state index contributed by atoms with van der Waals surface area (Å²) in [7, 11) is 0. The number of unbranched alkanes of at least 4 members (excludes halogenated alkanes) is 3. The highest BCUT2D eigenvalue weighted by Gasteiger charge is 1.76. The van der Waals surface area contributed by atoms with Crippen molar-refractivity contribution in [2.24, 2.45) is 0 Å². The van der Waals surface area contributed by atoms with E-state index in [2.05, 4.69) is 106 Å². The van der Waals surface area contributed by atoms with Crippen LogP contribution in [-0.2, 0) is 0 Å². The first kappa shape index (κ1) is 38.3. The van der Waals surface area contributed by atoms with Crippen molar-refractivity contribution in [3.8, 4) is 0 Å². The van der Waals surface area contributed by atoms with Crippen LogP contribution >= 0.6 is 0 Å². The largest absolute Gasteiger partial charge is 0.103 e. The highest BCUT2D eigenvalue weighted by Crippen LogP contribution is 1.96. The zero-order chi connectivity index (χ0) is 23.8. The summed E-state index contributed by atoms with van der Waals surface area (Å²) in [5.74, 6) is 0. The predicted molar refractivity (Wildman–Crippen MR) is 144 cm³/mol. The van der Waals surface area contributed by atoms with Crippen LogP contribution < -0.4 is 0 Å². The van der Waals surface area contributed by atoms with Crippen molar-refractivity contribution < 1.29 is 0 Å². The third-order valence-corrected chi connectivity index (χ3v) is 3.21. The summed E-state index contributed by atoms with van der Waals surface area (Å²) in [6.07, 6.45) is 23.6. The van der Waals surface area contributed by atoms with Gasteiger partial charge in [0, 0.05) is 0 Å². The van der Waals surface area contributed by atoms with Crippen LogP contribution in [0.2, 0.25) is 0 Å². The van der Waals surface area contributed by atoms with E-state index < -0.39 is 0 Å². The van der Waals surface area contributed by atoms with Gasteiger partial charge in [-0.2, -0.15) is 0 Å². The van der Waals surface area contributed by atoms with E-state index in [0.29, 0.717) is 0 Å². The Hall–Kier alpha value is -1.30. The Morgan fingerprint density at radius 3 is 1.34 bits per heavy atom. The SMILES string of the molecule is C=C(C)CCC.C=CCCCC.CC=CCC.CC=CCCC.CCC=C(C)C. The summed E-state index contributed by atoms with van der Waals surface area (Å²) in [6, 6.07) is 0. The molecule has 0 aliphatic rings. The van der Waals surface area contributed by atoms with Crippen LogP contribution in [0.5, 0.6) is 0 Å². The molecule has 0 unspecified atom stereocenters. The quantitative estimate of drug-likeness (QED) is 0.264. The maximum Gasteiger partial charge on any atom is -0.0328 e. The highest BCUT2D eigenvalue weighted by atomic mass is 13.8. The molecule has 0 fully saturated rings. The van der Waals surface area contributed by atoms with Gasteiger partial charge < -0.3 is 0 Å². The molecule has 0 nitrogen and oxygen atoms in total. The van der Waals surface area contributed by atoms with Crippen LogP contribution in [0.15, 0.2) is 60.8 Å². The zero-order valence-corrected chi connectivity index (χ0v) is 22.2. The number of rotatable bonds is 9. The van der Waals surface area contributed by atoms with Crippen LogP contribution in [0.25, 0.3) is 0 Å². The molecular weight excluding hydrogens is 348 g/mol. The predicted octanol–water partition coefficient (Wildman–Crippen LogP) is 11.4. The van der Waals surface area contributed by atoms with Gasteiger partial charge in [-0.3, -0.25) is 0 Å². The van der Waals surface area contributed by atoms with Crippen LogP contribution in [0.3, 0.4) is 0 Å². The molecule has 0 heterocycles. The van der Waals surface area contributed by atoms with Crippen LogP contribution in [0, 0.1) is 0 Å². The van der Waals surface area contributed by atoms with Crippen molar-refractivity contribution in [2.75, 3.05) is 0 Å². The van der Waals surface area contributed by atoms with E-state index in [4.69, 9.17) is 0 Å². The summed E-state index contributed by atoms with van der Waals surface area (Å²) in [4.78, 5) is 0. The molecule has 0 amide bonds. The molecule has 0 saturated heterocycles. The molecule has 29 heavy (non-hydrogen) atoms. The standard InChI is InChI=1S/4C6H12.C5H10/c2*1-4-5-6(2)3;2*1-3-5-6-4-2;1-3-5-4-2/h5H,4H2,1-3H3;2,4-5H2,1,3H3;3,5H,4,6H2,1-2H3;3H,1,4-6H2,2H3;3,5H,4H2,1-2H3. The molecule has 174 valence electrons. The van der Waals surface area contributed by atoms with Crippen molar-refractivity contribution >= 4 is 0 Å². The van der Waals surface area contributed by atoms with Crippen molar-refractivity contribution in [1.29, 1.82) is 0 Å². The van der Waals surface area contributed by atoms with E-state index in [1.54, 1.807) is 0 Å². The van der Waals surface area contributed by atoms with E-state index in [-0.39, 0.29) is 0 Å². The Balaban J connectivity index is -0.0000000829. The lowest BCUT2D eigenvalue weighted by Gasteiger charge is -1.87. The highest BCUT2D eigenvalue weighted by molar-refractivity contribution is 4.91. The Morgan fingerprint density at radius 1 is 0.724 bits per heavy atom. The molecule has 0 bridgehead atoms. The molecule has 0 aromatic heterocycles. The van der Waals surface area contributed by atoms with Gasteiger partial charge in [0.15, 0.2) is 0 Å². The van der Waals surface area contributed by atoms with Gasteiger partial charge in [-0.25, -0.2) is 0 Å². The first-order valence-corrected chi connectivity index (χ1v) is 11.9. The fourth-order valence-corrected chi connectivity index (χ4v) is 1.75. The fraction of sp³-hybridized carbons (Fsp3) is 0.655. The van der Waals surface area contributed by atoms with Crippen LogP contribution in [0.1, 0.15) is 127 Å². The second-order valence-corrected chi connectivity index (χ2v) is 7.16. The van der Waals surface area contributed by atoms with Crippen molar-refractivity contribution in [3.05, 3.63) is 60.8 Å². The van der Waals surface area contributed by atoms with E-state index in [1.807, 2.05) is 13.0 Å². The smallest absolute Gasteiger partial charge is 0.0328 e. The maximum absolute atomic E-state index is 3.74. The Bertz CT molecular complexity index is 348. The monoisotopic (exact) mass is 406 g/mol. The minimum atomic E-state index is 1.16. The molecule has 0 spiro atoms. The summed E-state index contributed by atoms with van der Waals surface area (Å²) < 4.78 is 0. The van der Waals surface area contributed by atoms with Gasteiger partial charge in [0.25, 0.3) is 0 Å². The van der Waals surface area contributed by atoms with Gasteiger partial charge in [0.05, 0.1) is 0 Å². The van der Waals surface area contributed by atoms with Gasteiger partial charge in [-0.05, 0) is 66.7 Å². The second-order valence-electron chi connectivity index (χ2n) is 7.16. The molecule has 0 N–H and O–H groups in total. The van der Waals surface area contributed by atoms with Crippen molar-refractivity contribution in [1.82, 2.24) is 0 Å². The van der Waals surface area contributed by atoms with E-state index in [0.717, 1.165) is 6.42 Å². The second kappa shape index (κ2) is 45.4. The average molecular weight is 407 g/mol. The molecule has 0 radical (unpaired) electrons. The fourth-order valence-electron chi connectivity index (χ4n) is 1.75. The minimum absolute atomic E-state index is 1.16. The van der Waals surface area contributed by atoms with Crippen LogP contribution in [-0.4, -0.2) is 0 Å². The molecule has 0 saturated carbocycles. The third kappa shape index (κ3) is 101. The van der Waals surface area contributed by atoms with Crippen molar-refractivity contribution in [3.63, 3.8) is 0 Å². The first-order chi connectivity index (χ1) is 13.8. The number of allylic oxidation sites excluding steroid dienone is 8. The topological polar surface area (TPSA) is 0 Å². The molecule has 0 aromatic carbocycles. The summed E-state index contributed by atoms with van der Waals surface area (Å²) in [5.41, 5.74) is 2.70. The first-order valence-electron chi connectivity index (χ1n) is 11.9. The summed E-state index contributed by atoms with van der Waals surface area (Å²) in [6.45, 7) is 28.5. The summed E-state index contributed by atoms with van der Waals surface area (Å²) in [5, 5.41) is 0. The van der Waals surface area contributed by atoms with Crippen LogP contribution in [0.4, 0.5) is 0 Å². The third-order valence-electron chi connectivity index (χ3n) is 3.21. The van der Waals surface area contributed by atoms with Gasteiger partial charge in [-0.15, -0.1) is 13.2 Å². The van der Waals surface area contributed by atoms with Gasteiger partial charge in [0.2, 0.25) is 0 Å². The Kier molecular flexibility index (Phi) is 60.0. The molecule has 0 aromatic rings. The molecule has 0 atom stereocenters. The van der Waals surface area contributed by atoms with E-state index in [9.17, 15) is 0 Å². The average Bonchev–Trinajstić information content (AvgIpc) is 2.67. The van der Waals surface area contributed by atoms with Gasteiger partial charge in [-0.1, -0.05) is 108 Å². The Morgan fingerprint density at radius 2 is 1.28 bits per heavy atom. The van der Waals surface area contributed by atoms with Gasteiger partial charge in [0.1, 0.15) is 0 Å². The van der Waals surface area contributed by atoms with Gasteiger partial charge >= 0.3 is 0 Å². The van der Waals surface area contributed by atoms with E-state index in [1.165, 1.54) is 62.5 Å². The number of hydrogen-bond acceptors (Lipinski definition) is 0. The molecule has 0 aliphatic heterocycles. The van der Waals surface area contributed by atoms with Crippen molar-refractivity contribution in [2.45, 2.75) is 127 Å². The summed E-state index contributed by atoms with van der Waals surface area (Å²) >= 11 is 0. The zero-order valence-electron chi connectivity index (χ0n) is 22.2. The Labute approximate surface area is 188 Å². The lowest BCUT2D eigenvalue weighted by atomic mass is 10.2. The maximum atomic E-state index is 3.74. The normalized spacial score (nSPS) is 8.90. The van der Waals surface area contributed by atoms with E-state index >= 15 is 0 Å². The molecule has 0 rings (SSSR count). The number of hydrogen-bond donors (Lipinski definition) is 0. The lowest BCUT2D eigenvalue weighted by molar-refractivity contribution is 0.816. The molecule has 0 heteroatoms. The molecular formula is C29H58. The lowest BCUT2D eigenvalue weighted by Crippen LogP contribution is -1.66. The minimum Gasteiger partial charge on any atom is -0.103 e. The molecule has 0 aliphatic carbocycles.